The minimum atomic E-state index is -0.174. The zero-order valence-electron chi connectivity index (χ0n) is 14.6. The predicted molar refractivity (Wildman–Crippen MR) is 102 cm³/mol. The first kappa shape index (κ1) is 20.0. The molecule has 0 aliphatic rings. The molecule has 3 nitrogen and oxygen atoms in total. The van der Waals surface area contributed by atoms with Crippen molar-refractivity contribution in [2.24, 2.45) is 0 Å². The standard InChI is InChI=1S/C15H16O.C6H6O.CH2O/c1-15(2,12-8-4-3-5-9-12)13-10-6-7-11-14(13)16;7-6-4-2-1-3-5-6;1-2/h3-11,16H,1-2H3;1-5,7H;1H2. The van der Waals surface area contributed by atoms with Crippen molar-refractivity contribution in [1.29, 1.82) is 0 Å². The molecule has 0 aliphatic heterocycles. The lowest BCUT2D eigenvalue weighted by Crippen LogP contribution is -2.18. The molecule has 3 rings (SSSR count). The van der Waals surface area contributed by atoms with Crippen LogP contribution in [0.5, 0.6) is 11.5 Å². The molecule has 0 fully saturated rings. The van der Waals surface area contributed by atoms with Crippen molar-refractivity contribution in [3.05, 3.63) is 96.1 Å². The van der Waals surface area contributed by atoms with Gasteiger partial charge in [0.2, 0.25) is 0 Å². The van der Waals surface area contributed by atoms with Gasteiger partial charge < -0.3 is 15.0 Å². The van der Waals surface area contributed by atoms with Crippen molar-refractivity contribution >= 4 is 6.79 Å². The highest BCUT2D eigenvalue weighted by atomic mass is 16.3. The molecular weight excluding hydrogens is 312 g/mol. The summed E-state index contributed by atoms with van der Waals surface area (Å²) < 4.78 is 0. The molecule has 0 aromatic heterocycles. The molecule has 0 saturated heterocycles. The lowest BCUT2D eigenvalue weighted by atomic mass is 9.78. The van der Waals surface area contributed by atoms with Gasteiger partial charge in [-0.3, -0.25) is 0 Å². The fourth-order valence-corrected chi connectivity index (χ4v) is 2.44. The number of phenols is 2. The van der Waals surface area contributed by atoms with Crippen molar-refractivity contribution in [3.8, 4) is 11.5 Å². The van der Waals surface area contributed by atoms with Crippen LogP contribution in [0, 0.1) is 0 Å². The van der Waals surface area contributed by atoms with Gasteiger partial charge >= 0.3 is 0 Å². The van der Waals surface area contributed by atoms with Crippen LogP contribution in [-0.2, 0) is 10.2 Å². The number of carbonyl (C=O) groups excluding carboxylic acids is 1. The molecule has 0 amide bonds. The van der Waals surface area contributed by atoms with Crippen LogP contribution in [0.25, 0.3) is 0 Å². The van der Waals surface area contributed by atoms with Crippen molar-refractivity contribution in [3.63, 3.8) is 0 Å². The van der Waals surface area contributed by atoms with Crippen molar-refractivity contribution < 1.29 is 15.0 Å². The van der Waals surface area contributed by atoms with E-state index in [-0.39, 0.29) is 5.41 Å². The molecule has 0 unspecified atom stereocenters. The smallest absolute Gasteiger partial charge is 0.119 e. The Kier molecular flexibility index (Phi) is 7.94. The second-order valence-electron chi connectivity index (χ2n) is 5.84. The van der Waals surface area contributed by atoms with Crippen LogP contribution >= 0.6 is 0 Å². The maximum atomic E-state index is 9.91. The third-order valence-electron chi connectivity index (χ3n) is 3.83. The minimum absolute atomic E-state index is 0.174. The number of hydrogen-bond acceptors (Lipinski definition) is 3. The number of rotatable bonds is 2. The highest BCUT2D eigenvalue weighted by Gasteiger charge is 2.25. The Hall–Kier alpha value is -3.07. The normalized spacial score (nSPS) is 9.84. The average Bonchev–Trinajstić information content (AvgIpc) is 2.65. The zero-order valence-corrected chi connectivity index (χ0v) is 14.6. The minimum Gasteiger partial charge on any atom is -0.508 e. The van der Waals surface area contributed by atoms with Gasteiger partial charge in [0.05, 0.1) is 0 Å². The van der Waals surface area contributed by atoms with Crippen LogP contribution in [0.1, 0.15) is 25.0 Å². The zero-order chi connectivity index (χ0) is 18.7. The van der Waals surface area contributed by atoms with Crippen LogP contribution < -0.4 is 0 Å². The lowest BCUT2D eigenvalue weighted by molar-refractivity contribution is -0.0979. The maximum absolute atomic E-state index is 9.91. The SMILES string of the molecule is C=O.CC(C)(c1ccccc1)c1ccccc1O.Oc1ccccc1. The van der Waals surface area contributed by atoms with E-state index in [1.807, 2.05) is 49.3 Å². The predicted octanol–water partition coefficient (Wildman–Crippen LogP) is 4.93. The quantitative estimate of drug-likeness (QED) is 0.698. The van der Waals surface area contributed by atoms with Crippen molar-refractivity contribution in [2.45, 2.75) is 19.3 Å². The van der Waals surface area contributed by atoms with Gasteiger partial charge in [0.1, 0.15) is 18.3 Å². The van der Waals surface area contributed by atoms with E-state index in [1.165, 1.54) is 5.56 Å². The van der Waals surface area contributed by atoms with Gasteiger partial charge in [-0.2, -0.15) is 0 Å². The molecule has 0 saturated carbocycles. The van der Waals surface area contributed by atoms with Crippen LogP contribution in [0.2, 0.25) is 0 Å². The van der Waals surface area contributed by atoms with E-state index >= 15 is 0 Å². The van der Waals surface area contributed by atoms with E-state index in [0.717, 1.165) is 5.56 Å². The molecule has 25 heavy (non-hydrogen) atoms. The van der Waals surface area contributed by atoms with Crippen molar-refractivity contribution in [2.75, 3.05) is 0 Å². The third-order valence-corrected chi connectivity index (χ3v) is 3.83. The third kappa shape index (κ3) is 5.81. The Morgan fingerprint density at radius 1 is 0.680 bits per heavy atom. The van der Waals surface area contributed by atoms with Gasteiger partial charge in [0.15, 0.2) is 0 Å². The molecular formula is C22H24O3. The number of phenolic OH excluding ortho intramolecular Hbond substituents is 2. The highest BCUT2D eigenvalue weighted by molar-refractivity contribution is 5.44. The number of para-hydroxylation sites is 2. The van der Waals surface area contributed by atoms with Gasteiger partial charge in [-0.05, 0) is 23.8 Å². The molecule has 0 aliphatic carbocycles. The summed E-state index contributed by atoms with van der Waals surface area (Å²) in [6, 6.07) is 26.5. The second-order valence-corrected chi connectivity index (χ2v) is 5.84. The van der Waals surface area contributed by atoms with E-state index < -0.39 is 0 Å². The molecule has 0 atom stereocenters. The summed E-state index contributed by atoms with van der Waals surface area (Å²) in [6.45, 7) is 6.24. The number of hydrogen-bond donors (Lipinski definition) is 2. The summed E-state index contributed by atoms with van der Waals surface area (Å²) in [5.74, 6) is 0.679. The molecule has 0 bridgehead atoms. The van der Waals surface area contributed by atoms with Crippen molar-refractivity contribution in [1.82, 2.24) is 0 Å². The van der Waals surface area contributed by atoms with Gasteiger partial charge in [-0.1, -0.05) is 80.6 Å². The van der Waals surface area contributed by atoms with Crippen LogP contribution in [0.4, 0.5) is 0 Å². The first-order valence-corrected chi connectivity index (χ1v) is 7.88. The van der Waals surface area contributed by atoms with Gasteiger partial charge in [0.25, 0.3) is 0 Å². The molecule has 0 spiro atoms. The van der Waals surface area contributed by atoms with E-state index in [4.69, 9.17) is 9.90 Å². The lowest BCUT2D eigenvalue weighted by Gasteiger charge is -2.26. The number of benzene rings is 3. The molecule has 0 radical (unpaired) electrons. The summed E-state index contributed by atoms with van der Waals surface area (Å²) in [6.07, 6.45) is 0. The van der Waals surface area contributed by atoms with E-state index in [1.54, 1.807) is 30.3 Å². The second kappa shape index (κ2) is 9.93. The van der Waals surface area contributed by atoms with Crippen LogP contribution in [0.3, 0.4) is 0 Å². The Morgan fingerprint density at radius 2 is 1.12 bits per heavy atom. The molecule has 3 aromatic carbocycles. The van der Waals surface area contributed by atoms with Gasteiger partial charge in [-0.25, -0.2) is 0 Å². The van der Waals surface area contributed by atoms with Gasteiger partial charge in [0, 0.05) is 11.0 Å². The Morgan fingerprint density at radius 3 is 1.56 bits per heavy atom. The van der Waals surface area contributed by atoms with E-state index in [0.29, 0.717) is 11.5 Å². The van der Waals surface area contributed by atoms with E-state index in [2.05, 4.69) is 26.0 Å². The number of aromatic hydroxyl groups is 2. The largest absolute Gasteiger partial charge is 0.508 e. The Balaban J connectivity index is 0.000000290. The molecule has 3 aromatic rings. The van der Waals surface area contributed by atoms with Crippen LogP contribution in [-0.4, -0.2) is 17.0 Å². The highest BCUT2D eigenvalue weighted by Crippen LogP contribution is 2.36. The number of carbonyl (C=O) groups is 1. The summed E-state index contributed by atoms with van der Waals surface area (Å²) in [5, 5.41) is 18.5. The monoisotopic (exact) mass is 336 g/mol. The summed E-state index contributed by atoms with van der Waals surface area (Å²) in [7, 11) is 0. The summed E-state index contributed by atoms with van der Waals surface area (Å²) in [5.41, 5.74) is 1.99. The maximum Gasteiger partial charge on any atom is 0.119 e. The van der Waals surface area contributed by atoms with Crippen LogP contribution in [0.15, 0.2) is 84.9 Å². The van der Waals surface area contributed by atoms with E-state index in [9.17, 15) is 5.11 Å². The molecule has 3 heteroatoms. The fraction of sp³-hybridized carbons (Fsp3) is 0.136. The summed E-state index contributed by atoms with van der Waals surface area (Å²) in [4.78, 5) is 8.00. The summed E-state index contributed by atoms with van der Waals surface area (Å²) >= 11 is 0. The average molecular weight is 336 g/mol. The Labute approximate surface area is 149 Å². The van der Waals surface area contributed by atoms with Gasteiger partial charge in [-0.15, -0.1) is 0 Å². The first-order chi connectivity index (χ1) is 12.0. The topological polar surface area (TPSA) is 57.5 Å². The molecule has 2 N–H and O–H groups in total. The molecule has 0 heterocycles. The first-order valence-electron chi connectivity index (χ1n) is 7.88. The molecule has 130 valence electrons. The Bertz CT molecular complexity index is 737. The fourth-order valence-electron chi connectivity index (χ4n) is 2.44.